The number of nitrogens with zero attached hydrogens (tertiary/aromatic N) is 1. The van der Waals surface area contributed by atoms with Crippen LogP contribution >= 0.6 is 0 Å². The van der Waals surface area contributed by atoms with Gasteiger partial charge in [-0.3, -0.25) is 0 Å². The highest BCUT2D eigenvalue weighted by molar-refractivity contribution is 5.95. The number of hydrogen-bond acceptors (Lipinski definition) is 2. The molecule has 2 aromatic rings. The van der Waals surface area contributed by atoms with E-state index >= 15 is 0 Å². The van der Waals surface area contributed by atoms with E-state index in [1.54, 1.807) is 30.5 Å². The lowest BCUT2D eigenvalue weighted by Crippen LogP contribution is -1.99. The molecule has 0 fully saturated rings. The van der Waals surface area contributed by atoms with Crippen LogP contribution < -0.4 is 0 Å². The minimum absolute atomic E-state index is 0.279. The smallest absolute Gasteiger partial charge is 0.336 e. The maximum atomic E-state index is 11.0. The van der Waals surface area contributed by atoms with Crippen molar-refractivity contribution in [1.29, 1.82) is 0 Å². The Bertz CT molecular complexity index is 503. The number of imidazole rings is 1. The van der Waals surface area contributed by atoms with E-state index in [1.165, 1.54) is 0 Å². The quantitative estimate of drug-likeness (QED) is 0.783. The van der Waals surface area contributed by atoms with Crippen LogP contribution in [-0.4, -0.2) is 21.0 Å². The molecule has 0 atom stereocenters. The topological polar surface area (TPSA) is 66.0 Å². The third-order valence-corrected chi connectivity index (χ3v) is 2.15. The monoisotopic (exact) mass is 202 g/mol. The third kappa shape index (κ3) is 1.74. The Balaban J connectivity index is 2.57. The van der Waals surface area contributed by atoms with Crippen molar-refractivity contribution >= 4 is 5.97 Å². The number of H-pyrrole nitrogens is 1. The third-order valence-electron chi connectivity index (χ3n) is 2.15. The highest BCUT2D eigenvalue weighted by Gasteiger charge is 2.11. The van der Waals surface area contributed by atoms with Gasteiger partial charge >= 0.3 is 5.97 Å². The molecule has 1 aromatic heterocycles. The lowest BCUT2D eigenvalue weighted by molar-refractivity contribution is 0.0697. The molecule has 0 aliphatic carbocycles. The van der Waals surface area contributed by atoms with E-state index in [2.05, 4.69) is 9.97 Å². The summed E-state index contributed by atoms with van der Waals surface area (Å²) in [5.74, 6) is -0.164. The van der Waals surface area contributed by atoms with E-state index in [-0.39, 0.29) is 5.56 Å². The fraction of sp³-hybridized carbons (Fsp3) is 0.0909. The Hall–Kier alpha value is -2.10. The predicted molar refractivity (Wildman–Crippen MR) is 55.7 cm³/mol. The molecule has 4 heteroatoms. The number of hydrogen-bond donors (Lipinski definition) is 2. The Morgan fingerprint density at radius 2 is 2.13 bits per heavy atom. The van der Waals surface area contributed by atoms with Gasteiger partial charge < -0.3 is 10.1 Å². The fourth-order valence-corrected chi connectivity index (χ4v) is 1.46. The number of rotatable bonds is 2. The minimum atomic E-state index is -0.933. The van der Waals surface area contributed by atoms with Gasteiger partial charge in [0.15, 0.2) is 0 Å². The SMILES string of the molecule is Cc1ncc(-c2ccccc2C(=O)O)[nH]1. The minimum Gasteiger partial charge on any atom is -0.478 e. The zero-order valence-electron chi connectivity index (χ0n) is 8.19. The van der Waals surface area contributed by atoms with Crippen molar-refractivity contribution < 1.29 is 9.90 Å². The number of aromatic nitrogens is 2. The van der Waals surface area contributed by atoms with E-state index < -0.39 is 5.97 Å². The summed E-state index contributed by atoms with van der Waals surface area (Å²) in [6, 6.07) is 6.85. The van der Waals surface area contributed by atoms with Gasteiger partial charge in [0.05, 0.1) is 17.5 Å². The van der Waals surface area contributed by atoms with Crippen LogP contribution in [0.3, 0.4) is 0 Å². The molecule has 0 unspecified atom stereocenters. The van der Waals surface area contributed by atoms with Gasteiger partial charge in [0.1, 0.15) is 5.82 Å². The van der Waals surface area contributed by atoms with Crippen molar-refractivity contribution in [3.05, 3.63) is 41.9 Å². The average Bonchev–Trinajstić information content (AvgIpc) is 2.65. The second kappa shape index (κ2) is 3.57. The first-order valence-electron chi connectivity index (χ1n) is 4.53. The molecule has 0 aliphatic rings. The molecule has 76 valence electrons. The molecule has 0 saturated heterocycles. The highest BCUT2D eigenvalue weighted by Crippen LogP contribution is 2.21. The van der Waals surface area contributed by atoms with Crippen molar-refractivity contribution in [3.63, 3.8) is 0 Å². The molecule has 2 rings (SSSR count). The lowest BCUT2D eigenvalue weighted by atomic mass is 10.1. The van der Waals surface area contributed by atoms with Crippen molar-refractivity contribution in [2.45, 2.75) is 6.92 Å². The van der Waals surface area contributed by atoms with Gasteiger partial charge in [0.25, 0.3) is 0 Å². The maximum Gasteiger partial charge on any atom is 0.336 e. The number of nitrogens with one attached hydrogen (secondary N) is 1. The lowest BCUT2D eigenvalue weighted by Gasteiger charge is -2.02. The van der Waals surface area contributed by atoms with Crippen LogP contribution in [-0.2, 0) is 0 Å². The van der Waals surface area contributed by atoms with Gasteiger partial charge in [-0.2, -0.15) is 0 Å². The van der Waals surface area contributed by atoms with Crippen molar-refractivity contribution in [2.75, 3.05) is 0 Å². The van der Waals surface area contributed by atoms with Gasteiger partial charge in [-0.1, -0.05) is 18.2 Å². The Kier molecular flexibility index (Phi) is 2.25. The summed E-state index contributed by atoms with van der Waals surface area (Å²) in [6.07, 6.45) is 1.64. The van der Waals surface area contributed by atoms with Crippen LogP contribution in [0.4, 0.5) is 0 Å². The second-order valence-electron chi connectivity index (χ2n) is 3.23. The molecule has 0 spiro atoms. The van der Waals surface area contributed by atoms with Gasteiger partial charge in [-0.25, -0.2) is 9.78 Å². The van der Waals surface area contributed by atoms with Gasteiger partial charge in [0, 0.05) is 5.56 Å². The molecule has 2 N–H and O–H groups in total. The van der Waals surface area contributed by atoms with Crippen molar-refractivity contribution in [1.82, 2.24) is 9.97 Å². The first-order chi connectivity index (χ1) is 7.18. The Morgan fingerprint density at radius 3 is 2.73 bits per heavy atom. The summed E-state index contributed by atoms with van der Waals surface area (Å²) in [5, 5.41) is 9.00. The van der Waals surface area contributed by atoms with Gasteiger partial charge in [-0.05, 0) is 13.0 Å². The van der Waals surface area contributed by atoms with Crippen molar-refractivity contribution in [2.24, 2.45) is 0 Å². The number of benzene rings is 1. The average molecular weight is 202 g/mol. The summed E-state index contributed by atoms with van der Waals surface area (Å²) in [4.78, 5) is 18.0. The van der Waals surface area contributed by atoms with E-state index in [0.29, 0.717) is 5.56 Å². The number of carbonyl (C=O) groups is 1. The van der Waals surface area contributed by atoms with Crippen molar-refractivity contribution in [3.8, 4) is 11.3 Å². The molecule has 0 radical (unpaired) electrons. The van der Waals surface area contributed by atoms with Crippen LogP contribution in [0.2, 0.25) is 0 Å². The Morgan fingerprint density at radius 1 is 1.40 bits per heavy atom. The first-order valence-corrected chi connectivity index (χ1v) is 4.53. The number of aryl methyl sites for hydroxylation is 1. The summed E-state index contributed by atoms with van der Waals surface area (Å²) in [6.45, 7) is 1.83. The maximum absolute atomic E-state index is 11.0. The molecule has 0 saturated carbocycles. The van der Waals surface area contributed by atoms with Gasteiger partial charge in [-0.15, -0.1) is 0 Å². The molecular formula is C11H10N2O2. The molecule has 15 heavy (non-hydrogen) atoms. The molecule has 0 amide bonds. The molecule has 0 aliphatic heterocycles. The molecule has 4 nitrogen and oxygen atoms in total. The number of carboxylic acid groups (broad SMARTS) is 1. The molecule has 1 heterocycles. The number of aromatic amines is 1. The molecule has 1 aromatic carbocycles. The summed E-state index contributed by atoms with van der Waals surface area (Å²) >= 11 is 0. The normalized spacial score (nSPS) is 10.2. The van der Waals surface area contributed by atoms with Crippen LogP contribution in [0.1, 0.15) is 16.2 Å². The van der Waals surface area contributed by atoms with Crippen LogP contribution in [0.5, 0.6) is 0 Å². The predicted octanol–water partition coefficient (Wildman–Crippen LogP) is 2.08. The largest absolute Gasteiger partial charge is 0.478 e. The van der Waals surface area contributed by atoms with Crippen LogP contribution in [0, 0.1) is 6.92 Å². The number of aromatic carboxylic acids is 1. The van der Waals surface area contributed by atoms with E-state index in [9.17, 15) is 4.79 Å². The fourth-order valence-electron chi connectivity index (χ4n) is 1.46. The van der Waals surface area contributed by atoms with E-state index in [4.69, 9.17) is 5.11 Å². The van der Waals surface area contributed by atoms with E-state index in [1.807, 2.05) is 6.92 Å². The zero-order valence-corrected chi connectivity index (χ0v) is 8.19. The molecular weight excluding hydrogens is 192 g/mol. The standard InChI is InChI=1S/C11H10N2O2/c1-7-12-6-10(13-7)8-4-2-3-5-9(8)11(14)15/h2-6H,1H3,(H,12,13)(H,14,15). The summed E-state index contributed by atoms with van der Waals surface area (Å²) < 4.78 is 0. The Labute approximate surface area is 86.6 Å². The summed E-state index contributed by atoms with van der Waals surface area (Å²) in [5.41, 5.74) is 1.66. The second-order valence-corrected chi connectivity index (χ2v) is 3.23. The highest BCUT2D eigenvalue weighted by atomic mass is 16.4. The van der Waals surface area contributed by atoms with Crippen LogP contribution in [0.25, 0.3) is 11.3 Å². The first kappa shape index (κ1) is 9.45. The van der Waals surface area contributed by atoms with E-state index in [0.717, 1.165) is 11.5 Å². The molecule has 0 bridgehead atoms. The number of carboxylic acids is 1. The van der Waals surface area contributed by atoms with Gasteiger partial charge in [0.2, 0.25) is 0 Å². The summed E-state index contributed by atoms with van der Waals surface area (Å²) in [7, 11) is 0. The van der Waals surface area contributed by atoms with Crippen LogP contribution in [0.15, 0.2) is 30.5 Å². The zero-order chi connectivity index (χ0) is 10.8.